The SMILES string of the molecule is CC1CCC(C2CCC(O)(CC(=O)O)CC2)CC1. The molecule has 2 aliphatic rings. The lowest BCUT2D eigenvalue weighted by atomic mass is 9.68. The molecule has 0 radical (unpaired) electrons. The fraction of sp³-hybridized carbons (Fsp3) is 0.933. The molecule has 2 aliphatic carbocycles. The Kier molecular flexibility index (Phi) is 4.31. The van der Waals surface area contributed by atoms with Crippen molar-refractivity contribution in [3.8, 4) is 0 Å². The Hall–Kier alpha value is -0.570. The van der Waals surface area contributed by atoms with E-state index in [4.69, 9.17) is 5.11 Å². The molecule has 0 amide bonds. The quantitative estimate of drug-likeness (QED) is 0.813. The normalized spacial score (nSPS) is 41.6. The monoisotopic (exact) mass is 254 g/mol. The highest BCUT2D eigenvalue weighted by molar-refractivity contribution is 5.68. The van der Waals surface area contributed by atoms with Crippen molar-refractivity contribution in [3.63, 3.8) is 0 Å². The standard InChI is InChI=1S/C15H26O3/c1-11-2-4-12(5-3-11)13-6-8-15(18,9-7-13)10-14(16)17/h11-13,18H,2-10H2,1H3,(H,16,17). The topological polar surface area (TPSA) is 57.5 Å². The van der Waals surface area contributed by atoms with Crippen LogP contribution in [-0.4, -0.2) is 21.8 Å². The van der Waals surface area contributed by atoms with E-state index in [1.54, 1.807) is 0 Å². The number of carboxylic acid groups (broad SMARTS) is 1. The number of aliphatic hydroxyl groups is 1. The maximum Gasteiger partial charge on any atom is 0.306 e. The number of rotatable bonds is 3. The van der Waals surface area contributed by atoms with E-state index >= 15 is 0 Å². The van der Waals surface area contributed by atoms with Crippen molar-refractivity contribution in [1.82, 2.24) is 0 Å². The molecule has 0 unspecified atom stereocenters. The van der Waals surface area contributed by atoms with E-state index in [-0.39, 0.29) is 6.42 Å². The minimum absolute atomic E-state index is 0.0819. The van der Waals surface area contributed by atoms with Gasteiger partial charge in [-0.15, -0.1) is 0 Å². The van der Waals surface area contributed by atoms with Crippen LogP contribution in [0.25, 0.3) is 0 Å². The van der Waals surface area contributed by atoms with Crippen LogP contribution in [0.15, 0.2) is 0 Å². The third-order valence-electron chi connectivity index (χ3n) is 5.17. The molecule has 104 valence electrons. The van der Waals surface area contributed by atoms with Crippen LogP contribution in [0.2, 0.25) is 0 Å². The molecule has 3 nitrogen and oxygen atoms in total. The smallest absolute Gasteiger partial charge is 0.306 e. The van der Waals surface area contributed by atoms with Crippen LogP contribution in [0.1, 0.15) is 64.7 Å². The number of aliphatic carboxylic acids is 1. The van der Waals surface area contributed by atoms with Gasteiger partial charge in [0.15, 0.2) is 0 Å². The van der Waals surface area contributed by atoms with E-state index in [1.807, 2.05) is 0 Å². The zero-order valence-electron chi connectivity index (χ0n) is 11.4. The second-order valence-corrected chi connectivity index (χ2v) is 6.65. The Morgan fingerprint density at radius 1 is 1.06 bits per heavy atom. The number of carbonyl (C=O) groups is 1. The summed E-state index contributed by atoms with van der Waals surface area (Å²) < 4.78 is 0. The molecule has 0 heterocycles. The summed E-state index contributed by atoms with van der Waals surface area (Å²) in [7, 11) is 0. The summed E-state index contributed by atoms with van der Waals surface area (Å²) in [6, 6.07) is 0. The van der Waals surface area contributed by atoms with Crippen LogP contribution < -0.4 is 0 Å². The molecule has 2 fully saturated rings. The fourth-order valence-electron chi connectivity index (χ4n) is 3.86. The number of carboxylic acids is 1. The van der Waals surface area contributed by atoms with Gasteiger partial charge in [0.2, 0.25) is 0 Å². The summed E-state index contributed by atoms with van der Waals surface area (Å²) in [4.78, 5) is 10.7. The van der Waals surface area contributed by atoms with E-state index in [9.17, 15) is 9.90 Å². The van der Waals surface area contributed by atoms with Gasteiger partial charge in [0, 0.05) is 0 Å². The molecule has 0 spiro atoms. The van der Waals surface area contributed by atoms with Gasteiger partial charge in [0.25, 0.3) is 0 Å². The van der Waals surface area contributed by atoms with Crippen molar-refractivity contribution < 1.29 is 15.0 Å². The van der Waals surface area contributed by atoms with Crippen molar-refractivity contribution >= 4 is 5.97 Å². The van der Waals surface area contributed by atoms with E-state index in [1.165, 1.54) is 25.7 Å². The Morgan fingerprint density at radius 3 is 2.06 bits per heavy atom. The van der Waals surface area contributed by atoms with Crippen molar-refractivity contribution in [2.45, 2.75) is 70.3 Å². The summed E-state index contributed by atoms with van der Waals surface area (Å²) in [5.41, 5.74) is -0.926. The Bertz CT molecular complexity index is 284. The minimum atomic E-state index is -0.926. The van der Waals surface area contributed by atoms with Gasteiger partial charge in [-0.2, -0.15) is 0 Å². The zero-order valence-corrected chi connectivity index (χ0v) is 11.4. The van der Waals surface area contributed by atoms with Crippen molar-refractivity contribution in [2.75, 3.05) is 0 Å². The summed E-state index contributed by atoms with van der Waals surface area (Å²) in [5, 5.41) is 19.0. The van der Waals surface area contributed by atoms with Gasteiger partial charge in [0.1, 0.15) is 0 Å². The lowest BCUT2D eigenvalue weighted by Gasteiger charge is -2.40. The first kappa shape index (κ1) is 13.9. The Morgan fingerprint density at radius 2 is 1.56 bits per heavy atom. The molecular weight excluding hydrogens is 228 g/mol. The maximum absolute atomic E-state index is 10.7. The Labute approximate surface area is 110 Å². The molecule has 0 aromatic heterocycles. The first-order valence-corrected chi connectivity index (χ1v) is 7.43. The van der Waals surface area contributed by atoms with E-state index in [2.05, 4.69) is 6.92 Å². The molecule has 18 heavy (non-hydrogen) atoms. The molecular formula is C15H26O3. The van der Waals surface area contributed by atoms with E-state index in [0.717, 1.165) is 30.6 Å². The summed E-state index contributed by atoms with van der Waals surface area (Å²) in [6.45, 7) is 2.34. The van der Waals surface area contributed by atoms with E-state index < -0.39 is 11.6 Å². The average molecular weight is 254 g/mol. The van der Waals surface area contributed by atoms with Crippen molar-refractivity contribution in [1.29, 1.82) is 0 Å². The highest BCUT2D eigenvalue weighted by atomic mass is 16.4. The number of hydrogen-bond donors (Lipinski definition) is 2. The second kappa shape index (κ2) is 5.60. The molecule has 0 bridgehead atoms. The molecule has 2 saturated carbocycles. The lowest BCUT2D eigenvalue weighted by molar-refractivity contribution is -0.144. The highest BCUT2D eigenvalue weighted by Gasteiger charge is 2.38. The summed E-state index contributed by atoms with van der Waals surface area (Å²) in [5.74, 6) is 1.57. The van der Waals surface area contributed by atoms with Crippen LogP contribution in [0.3, 0.4) is 0 Å². The summed E-state index contributed by atoms with van der Waals surface area (Å²) >= 11 is 0. The van der Waals surface area contributed by atoms with E-state index in [0.29, 0.717) is 12.8 Å². The molecule has 0 aliphatic heterocycles. The van der Waals surface area contributed by atoms with Crippen LogP contribution in [0, 0.1) is 17.8 Å². The van der Waals surface area contributed by atoms with Gasteiger partial charge >= 0.3 is 5.97 Å². The Balaban J connectivity index is 1.81. The average Bonchev–Trinajstić information content (AvgIpc) is 2.30. The predicted octanol–water partition coefficient (Wildman–Crippen LogP) is 3.21. The third kappa shape index (κ3) is 3.47. The largest absolute Gasteiger partial charge is 0.481 e. The third-order valence-corrected chi connectivity index (χ3v) is 5.17. The van der Waals surface area contributed by atoms with Crippen LogP contribution in [0.5, 0.6) is 0 Å². The summed E-state index contributed by atoms with van der Waals surface area (Å²) in [6.07, 6.45) is 8.67. The van der Waals surface area contributed by atoms with Crippen molar-refractivity contribution in [2.24, 2.45) is 17.8 Å². The predicted molar refractivity (Wildman–Crippen MR) is 70.3 cm³/mol. The van der Waals surface area contributed by atoms with Crippen LogP contribution in [0.4, 0.5) is 0 Å². The second-order valence-electron chi connectivity index (χ2n) is 6.65. The van der Waals surface area contributed by atoms with Gasteiger partial charge in [-0.3, -0.25) is 4.79 Å². The molecule has 0 aromatic rings. The highest BCUT2D eigenvalue weighted by Crippen LogP contribution is 2.43. The van der Waals surface area contributed by atoms with Crippen LogP contribution in [-0.2, 0) is 4.79 Å². The lowest BCUT2D eigenvalue weighted by Crippen LogP contribution is -2.38. The molecule has 0 atom stereocenters. The molecule has 0 aromatic carbocycles. The van der Waals surface area contributed by atoms with Gasteiger partial charge in [0.05, 0.1) is 12.0 Å². The molecule has 2 rings (SSSR count). The van der Waals surface area contributed by atoms with Gasteiger partial charge in [-0.25, -0.2) is 0 Å². The zero-order chi connectivity index (χ0) is 13.2. The van der Waals surface area contributed by atoms with Gasteiger partial charge in [-0.05, 0) is 56.3 Å². The molecule has 2 N–H and O–H groups in total. The maximum atomic E-state index is 10.7. The van der Waals surface area contributed by atoms with Crippen LogP contribution >= 0.6 is 0 Å². The van der Waals surface area contributed by atoms with Crippen molar-refractivity contribution in [3.05, 3.63) is 0 Å². The molecule has 3 heteroatoms. The number of hydrogen-bond acceptors (Lipinski definition) is 2. The van der Waals surface area contributed by atoms with Gasteiger partial charge in [-0.1, -0.05) is 19.8 Å². The molecule has 0 saturated heterocycles. The minimum Gasteiger partial charge on any atom is -0.481 e. The van der Waals surface area contributed by atoms with Gasteiger partial charge < -0.3 is 10.2 Å². The first-order chi connectivity index (χ1) is 8.48. The fourth-order valence-corrected chi connectivity index (χ4v) is 3.86. The first-order valence-electron chi connectivity index (χ1n) is 7.43.